The highest BCUT2D eigenvalue weighted by Crippen LogP contribution is 2.19. The molecular weight excluding hydrogens is 344 g/mol. The topological polar surface area (TPSA) is 101 Å². The summed E-state index contributed by atoms with van der Waals surface area (Å²) in [5.41, 5.74) is 2.67. The van der Waals surface area contributed by atoms with Gasteiger partial charge in [-0.25, -0.2) is 14.5 Å². The molecule has 1 aliphatic carbocycles. The Labute approximate surface area is 155 Å². The molecule has 1 heterocycles. The molecule has 8 heteroatoms. The van der Waals surface area contributed by atoms with Gasteiger partial charge in [-0.15, -0.1) is 0 Å². The standard InChI is InChI=1S/C19H18N6O2/c26-18(22-14-7-9-17(10-8-14)25-12-20-11-21-25)13-1-3-15(4-2-13)23-19(27)24-16-5-6-16/h1-4,7-12,16H,5-6H2,(H,22,26)(H2,23,24,27). The van der Waals surface area contributed by atoms with Gasteiger partial charge in [0.2, 0.25) is 0 Å². The minimum atomic E-state index is -0.225. The first-order valence-corrected chi connectivity index (χ1v) is 8.61. The van der Waals surface area contributed by atoms with Gasteiger partial charge < -0.3 is 16.0 Å². The van der Waals surface area contributed by atoms with Gasteiger partial charge in [-0.2, -0.15) is 5.10 Å². The van der Waals surface area contributed by atoms with Gasteiger partial charge in [-0.1, -0.05) is 0 Å². The quantitative estimate of drug-likeness (QED) is 0.650. The van der Waals surface area contributed by atoms with Gasteiger partial charge in [-0.05, 0) is 61.4 Å². The number of hydrogen-bond donors (Lipinski definition) is 3. The van der Waals surface area contributed by atoms with Crippen molar-refractivity contribution in [3.63, 3.8) is 0 Å². The molecule has 3 aromatic rings. The summed E-state index contributed by atoms with van der Waals surface area (Å²) in [5, 5.41) is 12.5. The van der Waals surface area contributed by atoms with Crippen LogP contribution >= 0.6 is 0 Å². The van der Waals surface area contributed by atoms with Crippen LogP contribution in [-0.4, -0.2) is 32.7 Å². The van der Waals surface area contributed by atoms with Gasteiger partial charge in [0.15, 0.2) is 0 Å². The number of hydrogen-bond acceptors (Lipinski definition) is 4. The Bertz CT molecular complexity index is 931. The van der Waals surface area contributed by atoms with E-state index < -0.39 is 0 Å². The molecule has 0 aliphatic heterocycles. The second kappa shape index (κ2) is 7.28. The van der Waals surface area contributed by atoms with Crippen molar-refractivity contribution >= 4 is 23.3 Å². The zero-order valence-corrected chi connectivity index (χ0v) is 14.4. The fourth-order valence-corrected chi connectivity index (χ4v) is 2.53. The lowest BCUT2D eigenvalue weighted by Gasteiger charge is -2.09. The maximum absolute atomic E-state index is 12.4. The molecule has 1 fully saturated rings. The van der Waals surface area contributed by atoms with Crippen molar-refractivity contribution in [3.8, 4) is 5.69 Å². The van der Waals surface area contributed by atoms with Crippen LogP contribution in [-0.2, 0) is 0 Å². The van der Waals surface area contributed by atoms with Crippen LogP contribution in [0.15, 0.2) is 61.2 Å². The first kappa shape index (κ1) is 16.8. The molecule has 27 heavy (non-hydrogen) atoms. The number of anilines is 2. The largest absolute Gasteiger partial charge is 0.335 e. The first-order chi connectivity index (χ1) is 13.2. The van der Waals surface area contributed by atoms with Crippen molar-refractivity contribution < 1.29 is 9.59 Å². The van der Waals surface area contributed by atoms with E-state index in [4.69, 9.17) is 0 Å². The van der Waals surface area contributed by atoms with Gasteiger partial charge in [0.25, 0.3) is 5.91 Å². The Morgan fingerprint density at radius 3 is 2.22 bits per heavy atom. The summed E-state index contributed by atoms with van der Waals surface area (Å²) < 4.78 is 1.64. The van der Waals surface area contributed by atoms with E-state index in [-0.39, 0.29) is 11.9 Å². The van der Waals surface area contributed by atoms with Crippen molar-refractivity contribution in [2.24, 2.45) is 0 Å². The number of carbonyl (C=O) groups is 2. The number of rotatable bonds is 5. The van der Waals surface area contributed by atoms with E-state index in [1.165, 1.54) is 6.33 Å². The first-order valence-electron chi connectivity index (χ1n) is 8.61. The number of nitrogens with zero attached hydrogens (tertiary/aromatic N) is 3. The highest BCUT2D eigenvalue weighted by atomic mass is 16.2. The predicted octanol–water partition coefficient (Wildman–Crippen LogP) is 2.80. The van der Waals surface area contributed by atoms with E-state index in [0.29, 0.717) is 23.0 Å². The van der Waals surface area contributed by atoms with Crippen LogP contribution < -0.4 is 16.0 Å². The third-order valence-electron chi connectivity index (χ3n) is 4.13. The molecule has 0 saturated heterocycles. The molecule has 0 spiro atoms. The fraction of sp³-hybridized carbons (Fsp3) is 0.158. The molecule has 0 unspecified atom stereocenters. The van der Waals surface area contributed by atoms with Crippen LogP contribution in [0, 0.1) is 0 Å². The second-order valence-corrected chi connectivity index (χ2v) is 6.29. The average molecular weight is 362 g/mol. The third kappa shape index (κ3) is 4.30. The second-order valence-electron chi connectivity index (χ2n) is 6.29. The summed E-state index contributed by atoms with van der Waals surface area (Å²) in [6, 6.07) is 14.1. The van der Waals surface area contributed by atoms with E-state index in [1.807, 2.05) is 12.1 Å². The lowest BCUT2D eigenvalue weighted by Crippen LogP contribution is -2.30. The van der Waals surface area contributed by atoms with Gasteiger partial charge in [0.1, 0.15) is 12.7 Å². The highest BCUT2D eigenvalue weighted by Gasteiger charge is 2.23. The molecule has 3 N–H and O–H groups in total. The molecular formula is C19H18N6O2. The maximum Gasteiger partial charge on any atom is 0.319 e. The molecule has 1 saturated carbocycles. The van der Waals surface area contributed by atoms with Crippen molar-refractivity contribution in [2.75, 3.05) is 10.6 Å². The van der Waals surface area contributed by atoms with Crippen LogP contribution in [0.2, 0.25) is 0 Å². The van der Waals surface area contributed by atoms with Gasteiger partial charge in [-0.3, -0.25) is 4.79 Å². The van der Waals surface area contributed by atoms with Gasteiger partial charge >= 0.3 is 6.03 Å². The van der Waals surface area contributed by atoms with Crippen molar-refractivity contribution in [3.05, 3.63) is 66.7 Å². The monoisotopic (exact) mass is 362 g/mol. The van der Waals surface area contributed by atoms with Gasteiger partial charge in [0.05, 0.1) is 5.69 Å². The Morgan fingerprint density at radius 1 is 0.926 bits per heavy atom. The summed E-state index contributed by atoms with van der Waals surface area (Å²) in [6.07, 6.45) is 5.14. The van der Waals surface area contributed by atoms with Crippen molar-refractivity contribution in [1.29, 1.82) is 0 Å². The molecule has 0 bridgehead atoms. The van der Waals surface area contributed by atoms with Crippen LogP contribution in [0.1, 0.15) is 23.2 Å². The molecule has 8 nitrogen and oxygen atoms in total. The van der Waals surface area contributed by atoms with E-state index in [2.05, 4.69) is 26.0 Å². The zero-order chi connectivity index (χ0) is 18.6. The highest BCUT2D eigenvalue weighted by molar-refractivity contribution is 6.04. The third-order valence-corrected chi connectivity index (χ3v) is 4.13. The molecule has 0 atom stereocenters. The van der Waals surface area contributed by atoms with E-state index in [1.54, 1.807) is 47.4 Å². The summed E-state index contributed by atoms with van der Waals surface area (Å²) in [5.74, 6) is -0.225. The van der Waals surface area contributed by atoms with Crippen LogP contribution in [0.3, 0.4) is 0 Å². The minimum Gasteiger partial charge on any atom is -0.335 e. The molecule has 3 amide bonds. The normalized spacial score (nSPS) is 13.0. The molecule has 1 aliphatic rings. The Balaban J connectivity index is 1.35. The summed E-state index contributed by atoms with van der Waals surface area (Å²) in [7, 11) is 0. The number of nitrogens with one attached hydrogen (secondary N) is 3. The lowest BCUT2D eigenvalue weighted by atomic mass is 10.2. The van der Waals surface area contributed by atoms with Crippen molar-refractivity contribution in [1.82, 2.24) is 20.1 Å². The summed E-state index contributed by atoms with van der Waals surface area (Å²) >= 11 is 0. The Kier molecular flexibility index (Phi) is 4.52. The maximum atomic E-state index is 12.4. The molecule has 2 aromatic carbocycles. The number of carbonyl (C=O) groups excluding carboxylic acids is 2. The minimum absolute atomic E-state index is 0.220. The lowest BCUT2D eigenvalue weighted by molar-refractivity contribution is 0.102. The predicted molar refractivity (Wildman–Crippen MR) is 101 cm³/mol. The Hall–Kier alpha value is -3.68. The number of urea groups is 1. The van der Waals surface area contributed by atoms with Crippen LogP contribution in [0.4, 0.5) is 16.2 Å². The van der Waals surface area contributed by atoms with Crippen molar-refractivity contribution in [2.45, 2.75) is 18.9 Å². The summed E-state index contributed by atoms with van der Waals surface area (Å²) in [6.45, 7) is 0. The summed E-state index contributed by atoms with van der Waals surface area (Å²) in [4.78, 5) is 28.0. The average Bonchev–Trinajstić information content (AvgIpc) is 3.31. The zero-order valence-electron chi connectivity index (χ0n) is 14.4. The fourth-order valence-electron chi connectivity index (χ4n) is 2.53. The smallest absolute Gasteiger partial charge is 0.319 e. The van der Waals surface area contributed by atoms with Crippen LogP contribution in [0.25, 0.3) is 5.69 Å². The number of aromatic nitrogens is 3. The number of amides is 3. The Morgan fingerprint density at radius 2 is 1.59 bits per heavy atom. The van der Waals surface area contributed by atoms with Crippen LogP contribution in [0.5, 0.6) is 0 Å². The molecule has 0 radical (unpaired) electrons. The molecule has 4 rings (SSSR count). The molecule has 136 valence electrons. The van der Waals surface area contributed by atoms with Gasteiger partial charge in [0, 0.05) is 23.0 Å². The SMILES string of the molecule is O=C(Nc1ccc(C(=O)Nc2ccc(-n3cncn3)cc2)cc1)NC1CC1. The molecule has 1 aromatic heterocycles. The van der Waals surface area contributed by atoms with E-state index in [9.17, 15) is 9.59 Å². The van der Waals surface area contributed by atoms with E-state index in [0.717, 1.165) is 18.5 Å². The number of benzene rings is 2. The van der Waals surface area contributed by atoms with E-state index >= 15 is 0 Å².